The van der Waals surface area contributed by atoms with Gasteiger partial charge in [-0.2, -0.15) is 0 Å². The molecule has 1 heterocycles. The number of hydrogen-bond acceptors (Lipinski definition) is 6. The minimum atomic E-state index is -0.121. The average Bonchev–Trinajstić information content (AvgIpc) is 3.01. The third-order valence-electron chi connectivity index (χ3n) is 7.38. The van der Waals surface area contributed by atoms with Crippen LogP contribution in [0.1, 0.15) is 50.3 Å². The highest BCUT2D eigenvalue weighted by atomic mass is 32.2. The number of nitrogens with zero attached hydrogens (tertiary/aromatic N) is 2. The van der Waals surface area contributed by atoms with Crippen LogP contribution in [-0.2, 0) is 4.79 Å². The predicted octanol–water partition coefficient (Wildman–Crippen LogP) is 7.40. The second-order valence-corrected chi connectivity index (χ2v) is 11.4. The Balaban J connectivity index is 1.45. The molecule has 7 heteroatoms. The Morgan fingerprint density at radius 3 is 2.27 bits per heavy atom. The number of para-hydroxylation sites is 1. The molecule has 1 unspecified atom stereocenters. The number of aliphatic imine (C=N–C) groups is 1. The number of carbonyl (C=O) groups is 1. The topological polar surface area (TPSA) is 63.2 Å². The maximum absolute atomic E-state index is 13.5. The van der Waals surface area contributed by atoms with Crippen LogP contribution < -0.4 is 19.7 Å². The molecule has 6 nitrogen and oxygen atoms in total. The van der Waals surface area contributed by atoms with Crippen molar-refractivity contribution < 1.29 is 14.3 Å². The number of carbonyl (C=O) groups excluding carboxylic acids is 1. The molecule has 1 atom stereocenters. The van der Waals surface area contributed by atoms with Gasteiger partial charge in [0.15, 0.2) is 5.17 Å². The van der Waals surface area contributed by atoms with E-state index in [0.29, 0.717) is 0 Å². The molecular formula is C34H37N3O3S. The Hall–Kier alpha value is -3.97. The Kier molecular flexibility index (Phi) is 9.14. The Morgan fingerprint density at radius 2 is 1.63 bits per heavy atom. The number of amidine groups is 1. The molecule has 212 valence electrons. The summed E-state index contributed by atoms with van der Waals surface area (Å²) in [6, 6.07) is 26.1. The van der Waals surface area contributed by atoms with Crippen molar-refractivity contribution >= 4 is 34.6 Å². The van der Waals surface area contributed by atoms with E-state index in [2.05, 4.69) is 35.7 Å². The van der Waals surface area contributed by atoms with Crippen molar-refractivity contribution in [1.29, 1.82) is 0 Å². The van der Waals surface area contributed by atoms with Crippen LogP contribution in [0.15, 0.2) is 101 Å². The van der Waals surface area contributed by atoms with Crippen molar-refractivity contribution in [1.82, 2.24) is 5.32 Å². The van der Waals surface area contributed by atoms with Crippen LogP contribution in [0.3, 0.4) is 0 Å². The standard InChI is InChI=1S/C34H37N3O3S/c1-23(2)37(27-10-6-5-7-11-27)31(38)22-41-34-35-32(25-15-19-29(40-4)20-16-25)30-12-8-9-26(33(30)36-34)21-24-13-17-28(39-3)18-14-24/h5-7,10-11,13-21,23,32H,8-9,12,22H2,1-4H3,(H,35,36). The van der Waals surface area contributed by atoms with Crippen molar-refractivity contribution in [2.45, 2.75) is 45.2 Å². The van der Waals surface area contributed by atoms with E-state index in [1.54, 1.807) is 14.2 Å². The van der Waals surface area contributed by atoms with Crippen molar-refractivity contribution in [3.05, 3.63) is 107 Å². The normalized spacial score (nSPS) is 17.5. The summed E-state index contributed by atoms with van der Waals surface area (Å²) in [5.41, 5.74) is 6.81. The van der Waals surface area contributed by atoms with Gasteiger partial charge >= 0.3 is 0 Å². The summed E-state index contributed by atoms with van der Waals surface area (Å²) in [5, 5.41) is 4.40. The average molecular weight is 568 g/mol. The monoisotopic (exact) mass is 567 g/mol. The van der Waals surface area contributed by atoms with Crippen LogP contribution in [0.4, 0.5) is 5.69 Å². The van der Waals surface area contributed by atoms with Crippen molar-refractivity contribution in [2.24, 2.45) is 4.99 Å². The third kappa shape index (κ3) is 6.68. The molecule has 3 aromatic rings. The van der Waals surface area contributed by atoms with Crippen LogP contribution in [0, 0.1) is 0 Å². The van der Waals surface area contributed by atoms with Gasteiger partial charge in [0.05, 0.1) is 20.0 Å². The molecule has 1 N–H and O–H groups in total. The number of ether oxygens (including phenoxy) is 2. The van der Waals surface area contributed by atoms with E-state index in [9.17, 15) is 4.79 Å². The van der Waals surface area contributed by atoms with E-state index >= 15 is 0 Å². The lowest BCUT2D eigenvalue weighted by atomic mass is 9.84. The second-order valence-electron chi connectivity index (χ2n) is 10.4. The number of rotatable bonds is 8. The quantitative estimate of drug-likeness (QED) is 0.307. The van der Waals surface area contributed by atoms with E-state index in [-0.39, 0.29) is 23.7 Å². The van der Waals surface area contributed by atoms with Gasteiger partial charge in [0, 0.05) is 17.4 Å². The lowest BCUT2D eigenvalue weighted by molar-refractivity contribution is -0.116. The number of thioether (sulfide) groups is 1. The van der Waals surface area contributed by atoms with Gasteiger partial charge < -0.3 is 19.7 Å². The fourth-order valence-electron chi connectivity index (χ4n) is 5.39. The largest absolute Gasteiger partial charge is 0.497 e. The summed E-state index contributed by atoms with van der Waals surface area (Å²) in [6.07, 6.45) is 5.25. The van der Waals surface area contributed by atoms with Gasteiger partial charge in [-0.1, -0.05) is 54.2 Å². The molecular weight excluding hydrogens is 530 g/mol. The number of methoxy groups -OCH3 is 2. The SMILES string of the molecule is COc1ccc(C=C2CCCC3=C2NC(SCC(=O)N(c2ccccc2)C(C)C)=NC3c2ccc(OC)cc2)cc1. The minimum absolute atomic E-state index is 0.0467. The van der Waals surface area contributed by atoms with E-state index in [1.807, 2.05) is 73.3 Å². The molecule has 1 aliphatic heterocycles. The lowest BCUT2D eigenvalue weighted by Crippen LogP contribution is -2.39. The first-order valence-corrected chi connectivity index (χ1v) is 15.0. The van der Waals surface area contributed by atoms with Crippen molar-refractivity contribution in [3.63, 3.8) is 0 Å². The first-order valence-electron chi connectivity index (χ1n) is 14.0. The third-order valence-corrected chi connectivity index (χ3v) is 8.26. The van der Waals surface area contributed by atoms with Crippen molar-refractivity contribution in [2.75, 3.05) is 24.9 Å². The molecule has 0 bridgehead atoms. The zero-order chi connectivity index (χ0) is 28.8. The summed E-state index contributed by atoms with van der Waals surface area (Å²) in [6.45, 7) is 4.09. The molecule has 0 saturated carbocycles. The summed E-state index contributed by atoms with van der Waals surface area (Å²) >= 11 is 1.47. The fraction of sp³-hybridized carbons (Fsp3) is 0.294. The van der Waals surface area contributed by atoms with Gasteiger partial charge in [0.25, 0.3) is 0 Å². The summed E-state index contributed by atoms with van der Waals surface area (Å²) in [7, 11) is 3.36. The van der Waals surface area contributed by atoms with Gasteiger partial charge in [0.2, 0.25) is 5.91 Å². The van der Waals surface area contributed by atoms with Gasteiger partial charge in [0.1, 0.15) is 17.5 Å². The molecule has 2 aliphatic rings. The zero-order valence-electron chi connectivity index (χ0n) is 24.1. The maximum atomic E-state index is 13.5. The smallest absolute Gasteiger partial charge is 0.237 e. The lowest BCUT2D eigenvalue weighted by Gasteiger charge is -2.33. The Bertz CT molecular complexity index is 1440. The van der Waals surface area contributed by atoms with Crippen molar-refractivity contribution in [3.8, 4) is 11.5 Å². The number of amides is 1. The molecule has 5 rings (SSSR count). The highest BCUT2D eigenvalue weighted by Crippen LogP contribution is 2.42. The molecule has 3 aromatic carbocycles. The summed E-state index contributed by atoms with van der Waals surface area (Å²) in [4.78, 5) is 20.5. The zero-order valence-corrected chi connectivity index (χ0v) is 24.9. The minimum Gasteiger partial charge on any atom is -0.497 e. The molecule has 0 saturated heterocycles. The number of anilines is 1. The Labute approximate surface area is 247 Å². The molecule has 41 heavy (non-hydrogen) atoms. The Morgan fingerprint density at radius 1 is 0.976 bits per heavy atom. The molecule has 0 fully saturated rings. The molecule has 0 radical (unpaired) electrons. The van der Waals surface area contributed by atoms with Gasteiger partial charge in [-0.15, -0.1) is 0 Å². The predicted molar refractivity (Wildman–Crippen MR) is 170 cm³/mol. The van der Waals surface area contributed by atoms with E-state index in [1.165, 1.54) is 22.9 Å². The van der Waals surface area contributed by atoms with Gasteiger partial charge in [-0.25, -0.2) is 4.99 Å². The van der Waals surface area contributed by atoms with Gasteiger partial charge in [-0.05, 0) is 97.9 Å². The number of nitrogens with one attached hydrogen (secondary N) is 1. The van der Waals surface area contributed by atoms with E-state index in [4.69, 9.17) is 14.5 Å². The fourth-order valence-corrected chi connectivity index (χ4v) is 6.15. The first kappa shape index (κ1) is 28.6. The highest BCUT2D eigenvalue weighted by molar-refractivity contribution is 8.14. The highest BCUT2D eigenvalue weighted by Gasteiger charge is 2.31. The summed E-state index contributed by atoms with van der Waals surface area (Å²) < 4.78 is 10.7. The van der Waals surface area contributed by atoms with Crippen LogP contribution in [-0.4, -0.2) is 37.1 Å². The number of hydrogen-bond donors (Lipinski definition) is 1. The maximum Gasteiger partial charge on any atom is 0.237 e. The van der Waals surface area contributed by atoms with Crippen LogP contribution in [0.25, 0.3) is 6.08 Å². The molecule has 0 aromatic heterocycles. The number of allylic oxidation sites excluding steroid dienone is 1. The molecule has 1 aliphatic carbocycles. The summed E-state index contributed by atoms with van der Waals surface area (Å²) in [5.74, 6) is 2.00. The second kappa shape index (κ2) is 13.1. The van der Waals surface area contributed by atoms with Crippen LogP contribution in [0.2, 0.25) is 0 Å². The first-order chi connectivity index (χ1) is 20.0. The van der Waals surface area contributed by atoms with Crippen LogP contribution >= 0.6 is 11.8 Å². The molecule has 1 amide bonds. The van der Waals surface area contributed by atoms with Crippen LogP contribution in [0.5, 0.6) is 11.5 Å². The van der Waals surface area contributed by atoms with Gasteiger partial charge in [-0.3, -0.25) is 4.79 Å². The van der Waals surface area contributed by atoms with E-state index in [0.717, 1.165) is 58.4 Å². The number of benzene rings is 3. The molecule has 0 spiro atoms. The van der Waals surface area contributed by atoms with E-state index < -0.39 is 0 Å².